The summed E-state index contributed by atoms with van der Waals surface area (Å²) in [6, 6.07) is 6.70. The first-order valence-electron chi connectivity index (χ1n) is 11.1. The molecule has 0 bridgehead atoms. The number of anilines is 2. The van der Waals surface area contributed by atoms with Gasteiger partial charge in [-0.2, -0.15) is 0 Å². The molecular weight excluding hydrogens is 360 g/mol. The Morgan fingerprint density at radius 1 is 1.28 bits per heavy atom. The maximum absolute atomic E-state index is 12.1. The lowest BCUT2D eigenvalue weighted by Crippen LogP contribution is -2.42. The molecule has 3 heterocycles. The van der Waals surface area contributed by atoms with E-state index in [1.165, 1.54) is 22.5 Å². The summed E-state index contributed by atoms with van der Waals surface area (Å²) in [7, 11) is 0. The Morgan fingerprint density at radius 2 is 2.10 bits per heavy atom. The highest BCUT2D eigenvalue weighted by Gasteiger charge is 2.45. The third-order valence-corrected chi connectivity index (χ3v) is 7.25. The maximum atomic E-state index is 12.1. The number of carbonyl (C=O) groups excluding carboxylic acids is 1. The van der Waals surface area contributed by atoms with Gasteiger partial charge in [-0.3, -0.25) is 4.79 Å². The quantitative estimate of drug-likeness (QED) is 0.860. The van der Waals surface area contributed by atoms with E-state index in [2.05, 4.69) is 40.3 Å². The van der Waals surface area contributed by atoms with E-state index >= 15 is 0 Å². The molecule has 1 aromatic heterocycles. The summed E-state index contributed by atoms with van der Waals surface area (Å²) in [6.07, 6.45) is 7.36. The number of nitrogens with zero attached hydrogens (tertiary/aromatic N) is 3. The molecule has 29 heavy (non-hydrogen) atoms. The van der Waals surface area contributed by atoms with Crippen molar-refractivity contribution in [3.05, 3.63) is 46.9 Å². The van der Waals surface area contributed by atoms with Crippen LogP contribution in [-0.2, 0) is 23.1 Å². The Morgan fingerprint density at radius 3 is 2.90 bits per heavy atom. The predicted octanol–water partition coefficient (Wildman–Crippen LogP) is 3.82. The predicted molar refractivity (Wildman–Crippen MR) is 115 cm³/mol. The highest BCUT2D eigenvalue weighted by Crippen LogP contribution is 2.51. The van der Waals surface area contributed by atoms with Gasteiger partial charge in [-0.05, 0) is 61.9 Å². The monoisotopic (exact) mass is 390 g/mol. The molecule has 3 aliphatic rings. The largest absolute Gasteiger partial charge is 0.325 e. The van der Waals surface area contributed by atoms with Gasteiger partial charge < -0.3 is 10.2 Å². The van der Waals surface area contributed by atoms with Crippen molar-refractivity contribution in [2.24, 2.45) is 0 Å². The van der Waals surface area contributed by atoms with Crippen molar-refractivity contribution in [2.75, 3.05) is 24.5 Å². The van der Waals surface area contributed by atoms with Crippen LogP contribution in [0, 0.1) is 0 Å². The summed E-state index contributed by atoms with van der Waals surface area (Å²) in [5.41, 5.74) is 6.55. The van der Waals surface area contributed by atoms with Crippen LogP contribution in [0.4, 0.5) is 11.5 Å². The standard InChI is InChI=1S/C24H30N4O/c1-3-18(29)12-17-5-7-21-19(13-17)24(8-10-25-11-9-24)14-28(21)23-22-16(2)4-6-20(22)26-15-27-23/h5,7,13,15-16,25H,3-4,6,8-12,14H2,1-2H3/t16-/m1/s1. The number of nitrogens with one attached hydrogen (secondary N) is 1. The van der Waals surface area contributed by atoms with E-state index in [-0.39, 0.29) is 5.41 Å². The summed E-state index contributed by atoms with van der Waals surface area (Å²) in [6.45, 7) is 7.32. The number of hydrogen-bond acceptors (Lipinski definition) is 5. The van der Waals surface area contributed by atoms with Gasteiger partial charge in [0.25, 0.3) is 0 Å². The molecule has 1 aromatic carbocycles. The molecule has 0 saturated carbocycles. The van der Waals surface area contributed by atoms with E-state index in [0.717, 1.165) is 56.7 Å². The van der Waals surface area contributed by atoms with Crippen molar-refractivity contribution < 1.29 is 4.79 Å². The smallest absolute Gasteiger partial charge is 0.140 e. The lowest BCUT2D eigenvalue weighted by molar-refractivity contribution is -0.118. The molecule has 2 aliphatic heterocycles. The van der Waals surface area contributed by atoms with Crippen molar-refractivity contribution in [1.82, 2.24) is 15.3 Å². The number of fused-ring (bicyclic) bond motifs is 3. The van der Waals surface area contributed by atoms with E-state index in [4.69, 9.17) is 4.98 Å². The lowest BCUT2D eigenvalue weighted by Gasteiger charge is -2.35. The number of hydrogen-bond donors (Lipinski definition) is 1. The Kier molecular flexibility index (Phi) is 4.66. The van der Waals surface area contributed by atoms with E-state index in [0.29, 0.717) is 24.5 Å². The average Bonchev–Trinajstić information content (AvgIpc) is 3.27. The third-order valence-electron chi connectivity index (χ3n) is 7.25. The minimum absolute atomic E-state index is 0.144. The van der Waals surface area contributed by atoms with E-state index in [9.17, 15) is 4.79 Å². The zero-order chi connectivity index (χ0) is 20.0. The summed E-state index contributed by atoms with van der Waals surface area (Å²) < 4.78 is 0. The molecule has 152 valence electrons. The van der Waals surface area contributed by atoms with E-state index < -0.39 is 0 Å². The first kappa shape index (κ1) is 18.7. The summed E-state index contributed by atoms with van der Waals surface area (Å²) in [4.78, 5) is 23.9. The van der Waals surface area contributed by atoms with Gasteiger partial charge in [-0.25, -0.2) is 9.97 Å². The number of carbonyl (C=O) groups is 1. The van der Waals surface area contributed by atoms with Crippen molar-refractivity contribution in [3.8, 4) is 0 Å². The third kappa shape index (κ3) is 3.07. The highest BCUT2D eigenvalue weighted by atomic mass is 16.1. The van der Waals surface area contributed by atoms with Gasteiger partial charge in [0.1, 0.15) is 17.9 Å². The molecule has 5 nitrogen and oxygen atoms in total. The maximum Gasteiger partial charge on any atom is 0.140 e. The molecule has 5 rings (SSSR count). The van der Waals surface area contributed by atoms with Gasteiger partial charge >= 0.3 is 0 Å². The first-order chi connectivity index (χ1) is 14.1. The van der Waals surface area contributed by atoms with Crippen LogP contribution in [0.5, 0.6) is 0 Å². The van der Waals surface area contributed by atoms with Crippen molar-refractivity contribution >= 4 is 17.3 Å². The molecule has 1 fully saturated rings. The molecule has 2 aromatic rings. The summed E-state index contributed by atoms with van der Waals surface area (Å²) in [5.74, 6) is 1.92. The van der Waals surface area contributed by atoms with Gasteiger partial charge in [-0.15, -0.1) is 0 Å². The number of aromatic nitrogens is 2. The molecule has 0 unspecified atom stereocenters. The Labute approximate surface area is 172 Å². The Hall–Kier alpha value is -2.27. The average molecular weight is 391 g/mol. The van der Waals surface area contributed by atoms with Crippen LogP contribution in [0.1, 0.15) is 67.8 Å². The van der Waals surface area contributed by atoms with Crippen molar-refractivity contribution in [2.45, 2.75) is 63.7 Å². The second kappa shape index (κ2) is 7.21. The van der Waals surface area contributed by atoms with Gasteiger partial charge in [0.15, 0.2) is 0 Å². The fraction of sp³-hybridized carbons (Fsp3) is 0.542. The zero-order valence-corrected chi connectivity index (χ0v) is 17.5. The number of ketones is 1. The van der Waals surface area contributed by atoms with E-state index in [1.807, 2.05) is 6.92 Å². The highest BCUT2D eigenvalue weighted by molar-refractivity contribution is 5.81. The molecule has 5 heteroatoms. The number of rotatable bonds is 4. The Bertz CT molecular complexity index is 948. The van der Waals surface area contributed by atoms with Crippen LogP contribution in [0.3, 0.4) is 0 Å². The van der Waals surface area contributed by atoms with Crippen molar-refractivity contribution in [3.63, 3.8) is 0 Å². The number of aryl methyl sites for hydroxylation is 1. The molecular formula is C24H30N4O. The SMILES string of the molecule is CCC(=O)Cc1ccc2c(c1)C1(CCNCC1)CN2c1ncnc2c1[C@H](C)CC2. The van der Waals surface area contributed by atoms with Crippen LogP contribution < -0.4 is 10.2 Å². The van der Waals surface area contributed by atoms with Crippen LogP contribution in [0.2, 0.25) is 0 Å². The molecule has 0 radical (unpaired) electrons. The minimum Gasteiger partial charge on any atom is -0.325 e. The zero-order valence-electron chi connectivity index (χ0n) is 17.5. The summed E-state index contributed by atoms with van der Waals surface area (Å²) in [5, 5.41) is 3.53. The van der Waals surface area contributed by atoms with Crippen LogP contribution >= 0.6 is 0 Å². The molecule has 0 amide bonds. The van der Waals surface area contributed by atoms with Gasteiger partial charge in [-0.1, -0.05) is 26.0 Å². The number of benzene rings is 1. The van der Waals surface area contributed by atoms with Crippen molar-refractivity contribution in [1.29, 1.82) is 0 Å². The van der Waals surface area contributed by atoms with Gasteiger partial charge in [0.2, 0.25) is 0 Å². The fourth-order valence-electron chi connectivity index (χ4n) is 5.54. The normalized spacial score (nSPS) is 22.0. The van der Waals surface area contributed by atoms with Crippen LogP contribution in [0.25, 0.3) is 0 Å². The lowest BCUT2D eigenvalue weighted by atomic mass is 9.74. The van der Waals surface area contributed by atoms with Gasteiger partial charge in [0, 0.05) is 41.7 Å². The molecule has 1 atom stereocenters. The molecule has 1 aliphatic carbocycles. The molecule has 1 saturated heterocycles. The minimum atomic E-state index is 0.144. The summed E-state index contributed by atoms with van der Waals surface area (Å²) >= 11 is 0. The van der Waals surface area contributed by atoms with Crippen LogP contribution in [0.15, 0.2) is 24.5 Å². The second-order valence-electron chi connectivity index (χ2n) is 9.03. The fourth-order valence-corrected chi connectivity index (χ4v) is 5.54. The topological polar surface area (TPSA) is 58.1 Å². The molecule has 1 spiro atoms. The second-order valence-corrected chi connectivity index (χ2v) is 9.03. The van der Waals surface area contributed by atoms with E-state index in [1.54, 1.807) is 6.33 Å². The molecule has 1 N–H and O–H groups in total. The number of piperidine rings is 1. The first-order valence-corrected chi connectivity index (χ1v) is 11.1. The number of Topliss-reactive ketones (excluding diaryl/α,β-unsaturated/α-hetero) is 1. The van der Waals surface area contributed by atoms with Crippen LogP contribution in [-0.4, -0.2) is 35.4 Å². The van der Waals surface area contributed by atoms with Gasteiger partial charge in [0.05, 0.1) is 0 Å². The Balaban J connectivity index is 1.61.